The number of carbonyl (C=O) groups excluding carboxylic acids is 2. The van der Waals surface area contributed by atoms with Gasteiger partial charge in [0.1, 0.15) is 6.17 Å². The molecule has 0 aromatic heterocycles. The molecule has 9 nitrogen and oxygen atoms in total. The second-order valence-corrected chi connectivity index (χ2v) is 9.01. The number of rotatable bonds is 6. The van der Waals surface area contributed by atoms with Gasteiger partial charge in [-0.25, -0.2) is 10.4 Å². The highest BCUT2D eigenvalue weighted by Crippen LogP contribution is 2.34. The first kappa shape index (κ1) is 23.2. The van der Waals surface area contributed by atoms with Gasteiger partial charge in [-0.05, 0) is 23.6 Å². The minimum atomic E-state index is -0.370. The lowest BCUT2D eigenvalue weighted by Gasteiger charge is -2.33. The molecule has 3 aromatic rings. The zero-order valence-electron chi connectivity index (χ0n) is 19.3. The molecular weight excluding hydrogens is 466 g/mol. The fraction of sp³-hybridized carbons (Fsp3) is 0.240. The average Bonchev–Trinajstić information content (AvgIpc) is 3.36. The Morgan fingerprint density at radius 1 is 1.11 bits per heavy atom. The van der Waals surface area contributed by atoms with Crippen LogP contribution >= 0.6 is 11.8 Å². The molecule has 0 radical (unpaired) electrons. The van der Waals surface area contributed by atoms with Crippen molar-refractivity contribution >= 4 is 50.9 Å². The van der Waals surface area contributed by atoms with E-state index in [1.807, 2.05) is 42.5 Å². The van der Waals surface area contributed by atoms with Crippen molar-refractivity contribution in [3.63, 3.8) is 0 Å². The lowest BCUT2D eigenvalue weighted by molar-refractivity contribution is -0.121. The summed E-state index contributed by atoms with van der Waals surface area (Å²) in [6, 6.07) is 18.9. The molecule has 2 aliphatic heterocycles. The third-order valence-corrected chi connectivity index (χ3v) is 6.89. The number of fused-ring (bicyclic) bond motifs is 2. The third kappa shape index (κ3) is 4.55. The highest BCUT2D eigenvalue weighted by atomic mass is 32.2. The van der Waals surface area contributed by atoms with E-state index in [4.69, 9.17) is 14.5 Å². The van der Waals surface area contributed by atoms with Crippen molar-refractivity contribution in [3.8, 4) is 11.5 Å². The van der Waals surface area contributed by atoms with Crippen LogP contribution in [0.15, 0.2) is 65.7 Å². The van der Waals surface area contributed by atoms with Crippen LogP contribution in [-0.4, -0.2) is 49.7 Å². The van der Waals surface area contributed by atoms with Crippen LogP contribution in [0.5, 0.6) is 11.5 Å². The molecule has 0 spiro atoms. The SMILES string of the molecule is COc1ccc(NC(=O)CSC2=NC3NNCC3C(=O)N2c2cccc3ccccc23)cc1OC. The molecule has 2 heterocycles. The number of methoxy groups -OCH3 is 2. The van der Waals surface area contributed by atoms with E-state index in [2.05, 4.69) is 16.2 Å². The van der Waals surface area contributed by atoms with E-state index < -0.39 is 0 Å². The van der Waals surface area contributed by atoms with Crippen LogP contribution in [0.3, 0.4) is 0 Å². The number of thioether (sulfide) groups is 1. The molecule has 0 bridgehead atoms. The number of hydrogen-bond acceptors (Lipinski definition) is 8. The van der Waals surface area contributed by atoms with Gasteiger partial charge in [-0.15, -0.1) is 0 Å². The van der Waals surface area contributed by atoms with Crippen LogP contribution in [-0.2, 0) is 9.59 Å². The van der Waals surface area contributed by atoms with Crippen LogP contribution in [0, 0.1) is 5.92 Å². The Labute approximate surface area is 206 Å². The van der Waals surface area contributed by atoms with E-state index >= 15 is 0 Å². The summed E-state index contributed by atoms with van der Waals surface area (Å²) in [6.07, 6.45) is -0.370. The zero-order chi connectivity index (χ0) is 24.4. The number of carbonyl (C=O) groups is 2. The molecule has 2 aliphatic rings. The predicted molar refractivity (Wildman–Crippen MR) is 138 cm³/mol. The van der Waals surface area contributed by atoms with Gasteiger partial charge in [0.2, 0.25) is 11.8 Å². The second-order valence-electron chi connectivity index (χ2n) is 8.07. The number of ether oxygens (including phenoxy) is 2. The van der Waals surface area contributed by atoms with Crippen LogP contribution in [0.2, 0.25) is 0 Å². The largest absolute Gasteiger partial charge is 0.493 e. The van der Waals surface area contributed by atoms with E-state index in [1.54, 1.807) is 37.3 Å². The Kier molecular flexibility index (Phi) is 6.58. The normalized spacial score (nSPS) is 19.3. The average molecular weight is 492 g/mol. The summed E-state index contributed by atoms with van der Waals surface area (Å²) in [4.78, 5) is 32.8. The van der Waals surface area contributed by atoms with E-state index in [1.165, 1.54) is 11.8 Å². The molecule has 1 fully saturated rings. The minimum absolute atomic E-state index is 0.0540. The maximum absolute atomic E-state index is 13.6. The number of nitrogens with one attached hydrogen (secondary N) is 3. The van der Waals surface area contributed by atoms with Gasteiger partial charge in [0.15, 0.2) is 16.7 Å². The summed E-state index contributed by atoms with van der Waals surface area (Å²) >= 11 is 1.23. The number of nitrogens with zero attached hydrogens (tertiary/aromatic N) is 2. The molecule has 180 valence electrons. The topological polar surface area (TPSA) is 104 Å². The van der Waals surface area contributed by atoms with Crippen molar-refractivity contribution in [2.24, 2.45) is 10.9 Å². The van der Waals surface area contributed by atoms with Gasteiger partial charge in [-0.2, -0.15) is 0 Å². The van der Waals surface area contributed by atoms with Crippen molar-refractivity contribution in [1.82, 2.24) is 10.9 Å². The molecule has 10 heteroatoms. The number of aliphatic imine (C=N–C) groups is 1. The van der Waals surface area contributed by atoms with Crippen molar-refractivity contribution in [1.29, 1.82) is 0 Å². The quantitative estimate of drug-likeness (QED) is 0.487. The predicted octanol–water partition coefficient (Wildman–Crippen LogP) is 2.98. The third-order valence-electron chi connectivity index (χ3n) is 5.94. The molecule has 2 unspecified atom stereocenters. The van der Waals surface area contributed by atoms with Gasteiger partial charge in [0.05, 0.1) is 31.6 Å². The number of amidine groups is 1. The van der Waals surface area contributed by atoms with E-state index in [-0.39, 0.29) is 29.7 Å². The van der Waals surface area contributed by atoms with Crippen molar-refractivity contribution in [2.75, 3.05) is 36.7 Å². The highest BCUT2D eigenvalue weighted by molar-refractivity contribution is 8.14. The lowest BCUT2D eigenvalue weighted by Crippen LogP contribution is -2.49. The van der Waals surface area contributed by atoms with Crippen LogP contribution in [0.4, 0.5) is 11.4 Å². The maximum atomic E-state index is 13.6. The minimum Gasteiger partial charge on any atom is -0.493 e. The number of amides is 2. The Hall–Kier alpha value is -3.60. The molecule has 1 saturated heterocycles. The number of hydrogen-bond donors (Lipinski definition) is 3. The smallest absolute Gasteiger partial charge is 0.241 e. The Bertz CT molecular complexity index is 1310. The molecule has 0 saturated carbocycles. The zero-order valence-corrected chi connectivity index (χ0v) is 20.1. The number of hydrazine groups is 1. The molecule has 2 amide bonds. The van der Waals surface area contributed by atoms with Crippen molar-refractivity contribution in [2.45, 2.75) is 6.17 Å². The summed E-state index contributed by atoms with van der Waals surface area (Å²) in [6.45, 7) is 0.492. The first-order chi connectivity index (χ1) is 17.1. The Morgan fingerprint density at radius 3 is 2.74 bits per heavy atom. The number of anilines is 2. The fourth-order valence-electron chi connectivity index (χ4n) is 4.24. The van der Waals surface area contributed by atoms with Gasteiger partial charge < -0.3 is 14.8 Å². The van der Waals surface area contributed by atoms with Gasteiger partial charge in [-0.3, -0.25) is 19.9 Å². The van der Waals surface area contributed by atoms with Gasteiger partial charge in [-0.1, -0.05) is 48.2 Å². The standard InChI is InChI=1S/C25H25N5O4S/c1-33-20-11-10-16(12-21(20)34-2)27-22(31)14-35-25-28-23-18(13-26-29-23)24(32)30(25)19-9-5-7-15-6-3-4-8-17(15)19/h3-12,18,23,26,29H,13-14H2,1-2H3,(H,27,31). The lowest BCUT2D eigenvalue weighted by atomic mass is 10.0. The highest BCUT2D eigenvalue weighted by Gasteiger charge is 2.42. The summed E-state index contributed by atoms with van der Waals surface area (Å²) in [7, 11) is 3.10. The monoisotopic (exact) mass is 491 g/mol. The summed E-state index contributed by atoms with van der Waals surface area (Å²) in [5, 5.41) is 5.32. The Balaban J connectivity index is 1.39. The van der Waals surface area contributed by atoms with Crippen LogP contribution in [0.1, 0.15) is 0 Å². The molecule has 2 atom stereocenters. The van der Waals surface area contributed by atoms with Crippen molar-refractivity contribution < 1.29 is 19.1 Å². The first-order valence-electron chi connectivity index (χ1n) is 11.1. The molecule has 5 rings (SSSR count). The first-order valence-corrected chi connectivity index (χ1v) is 12.1. The molecule has 0 aliphatic carbocycles. The van der Waals surface area contributed by atoms with Crippen molar-refractivity contribution in [3.05, 3.63) is 60.7 Å². The van der Waals surface area contributed by atoms with E-state index in [0.29, 0.717) is 28.9 Å². The maximum Gasteiger partial charge on any atom is 0.241 e. The molecule has 35 heavy (non-hydrogen) atoms. The van der Waals surface area contributed by atoms with E-state index in [0.717, 1.165) is 16.5 Å². The molecule has 3 N–H and O–H groups in total. The number of benzene rings is 3. The van der Waals surface area contributed by atoms with Gasteiger partial charge >= 0.3 is 0 Å². The summed E-state index contributed by atoms with van der Waals surface area (Å²) < 4.78 is 10.6. The van der Waals surface area contributed by atoms with Crippen LogP contribution in [0.25, 0.3) is 10.8 Å². The van der Waals surface area contributed by atoms with Gasteiger partial charge in [0.25, 0.3) is 0 Å². The van der Waals surface area contributed by atoms with Crippen LogP contribution < -0.4 is 30.5 Å². The second kappa shape index (κ2) is 9.95. The fourth-order valence-corrected chi connectivity index (χ4v) is 5.07. The molecule has 3 aromatic carbocycles. The molecular formula is C25H25N5O4S. The van der Waals surface area contributed by atoms with Gasteiger partial charge in [0, 0.05) is 23.7 Å². The Morgan fingerprint density at radius 2 is 1.91 bits per heavy atom. The van der Waals surface area contributed by atoms with E-state index in [9.17, 15) is 9.59 Å². The summed E-state index contributed by atoms with van der Waals surface area (Å²) in [5.41, 5.74) is 7.42. The summed E-state index contributed by atoms with van der Waals surface area (Å²) in [5.74, 6) is 0.573.